The number of benzene rings is 2. The van der Waals surface area contributed by atoms with E-state index >= 15 is 0 Å². The Hall–Kier alpha value is -2.07. The van der Waals surface area contributed by atoms with Crippen LogP contribution in [0.25, 0.3) is 6.08 Å². The fraction of sp³-hybridized carbons (Fsp3) is 0.0625. The molecule has 0 amide bonds. The van der Waals surface area contributed by atoms with E-state index in [1.165, 1.54) is 12.1 Å². The van der Waals surface area contributed by atoms with Gasteiger partial charge >= 0.3 is 0 Å². The zero-order valence-corrected chi connectivity index (χ0v) is 12.1. The van der Waals surface area contributed by atoms with Crippen LogP contribution in [0.1, 0.15) is 15.9 Å². The Kier molecular flexibility index (Phi) is 3.32. The molecule has 0 spiro atoms. The lowest BCUT2D eigenvalue weighted by molar-refractivity contribution is 0.100. The van der Waals surface area contributed by atoms with E-state index < -0.39 is 0 Å². The summed E-state index contributed by atoms with van der Waals surface area (Å²) in [5, 5.41) is 9.48. The SMILES string of the molecule is O=C1/C(=C/c2cccc(Br)c2)COc2ccc(O)cc21. The maximum Gasteiger partial charge on any atom is 0.196 e. The van der Waals surface area contributed by atoms with Crippen molar-refractivity contribution in [3.8, 4) is 11.5 Å². The molecule has 0 atom stereocenters. The van der Waals surface area contributed by atoms with Crippen molar-refractivity contribution in [2.24, 2.45) is 0 Å². The van der Waals surface area contributed by atoms with Crippen LogP contribution in [0.5, 0.6) is 11.5 Å². The summed E-state index contributed by atoms with van der Waals surface area (Å²) in [5.41, 5.74) is 1.90. The van der Waals surface area contributed by atoms with E-state index in [0.717, 1.165) is 10.0 Å². The van der Waals surface area contributed by atoms with E-state index in [9.17, 15) is 9.90 Å². The number of rotatable bonds is 1. The highest BCUT2D eigenvalue weighted by Gasteiger charge is 2.23. The summed E-state index contributed by atoms with van der Waals surface area (Å²) in [4.78, 5) is 12.4. The number of halogens is 1. The summed E-state index contributed by atoms with van der Waals surface area (Å²) in [6.45, 7) is 0.239. The molecule has 0 unspecified atom stereocenters. The highest BCUT2D eigenvalue weighted by Crippen LogP contribution is 2.30. The molecular formula is C16H11BrO3. The van der Waals surface area contributed by atoms with Crippen LogP contribution in [0, 0.1) is 0 Å². The molecule has 0 bridgehead atoms. The number of carbonyl (C=O) groups excluding carboxylic acids is 1. The van der Waals surface area contributed by atoms with Crippen molar-refractivity contribution in [3.05, 3.63) is 63.6 Å². The Labute approximate surface area is 124 Å². The van der Waals surface area contributed by atoms with Gasteiger partial charge in [-0.05, 0) is 42.0 Å². The third-order valence-corrected chi connectivity index (χ3v) is 3.57. The minimum Gasteiger partial charge on any atom is -0.508 e. The second-order valence-corrected chi connectivity index (χ2v) is 5.44. The number of hydrogen-bond acceptors (Lipinski definition) is 3. The lowest BCUT2D eigenvalue weighted by Gasteiger charge is -2.18. The maximum atomic E-state index is 12.4. The Morgan fingerprint density at radius 3 is 2.85 bits per heavy atom. The zero-order valence-electron chi connectivity index (χ0n) is 10.5. The molecule has 1 aliphatic heterocycles. The van der Waals surface area contributed by atoms with Crippen molar-refractivity contribution < 1.29 is 14.6 Å². The Balaban J connectivity index is 2.00. The third kappa shape index (κ3) is 2.47. The van der Waals surface area contributed by atoms with Gasteiger partial charge in [0.15, 0.2) is 5.78 Å². The van der Waals surface area contributed by atoms with Gasteiger partial charge in [0.25, 0.3) is 0 Å². The van der Waals surface area contributed by atoms with Gasteiger partial charge in [-0.25, -0.2) is 0 Å². The molecule has 0 radical (unpaired) electrons. The summed E-state index contributed by atoms with van der Waals surface area (Å²) in [6.07, 6.45) is 1.81. The van der Waals surface area contributed by atoms with Gasteiger partial charge in [0.05, 0.1) is 5.56 Å². The summed E-state index contributed by atoms with van der Waals surface area (Å²) in [7, 11) is 0. The van der Waals surface area contributed by atoms with Crippen molar-refractivity contribution in [2.75, 3.05) is 6.61 Å². The van der Waals surface area contributed by atoms with E-state index in [-0.39, 0.29) is 18.1 Å². The number of phenols is 1. The smallest absolute Gasteiger partial charge is 0.196 e. The minimum atomic E-state index is -0.109. The van der Waals surface area contributed by atoms with Crippen LogP contribution >= 0.6 is 15.9 Å². The monoisotopic (exact) mass is 330 g/mol. The number of ether oxygens (including phenoxy) is 1. The van der Waals surface area contributed by atoms with E-state index in [4.69, 9.17) is 4.74 Å². The van der Waals surface area contributed by atoms with E-state index in [0.29, 0.717) is 16.9 Å². The minimum absolute atomic E-state index is 0.0596. The lowest BCUT2D eigenvalue weighted by atomic mass is 9.98. The molecule has 3 rings (SSSR count). The first-order valence-electron chi connectivity index (χ1n) is 6.10. The molecule has 0 aromatic heterocycles. The van der Waals surface area contributed by atoms with Crippen molar-refractivity contribution in [3.63, 3.8) is 0 Å². The van der Waals surface area contributed by atoms with Crippen LogP contribution in [0.15, 0.2) is 52.5 Å². The molecule has 1 N–H and O–H groups in total. The molecule has 0 aliphatic carbocycles. The molecule has 3 nitrogen and oxygen atoms in total. The number of hydrogen-bond donors (Lipinski definition) is 1. The topological polar surface area (TPSA) is 46.5 Å². The number of Topliss-reactive ketones (excluding diaryl/α,β-unsaturated/α-hetero) is 1. The normalized spacial score (nSPS) is 15.8. The predicted octanol–water partition coefficient (Wildman–Crippen LogP) is 3.81. The van der Waals surface area contributed by atoms with E-state index in [2.05, 4.69) is 15.9 Å². The summed E-state index contributed by atoms with van der Waals surface area (Å²) in [5.74, 6) is 0.464. The van der Waals surface area contributed by atoms with Gasteiger partial charge in [0, 0.05) is 10.0 Å². The first kappa shape index (κ1) is 12.9. The number of phenolic OH excluding ortho intramolecular Hbond substituents is 1. The fourth-order valence-corrected chi connectivity index (χ4v) is 2.54. The number of aromatic hydroxyl groups is 1. The van der Waals surface area contributed by atoms with Gasteiger partial charge in [0.1, 0.15) is 18.1 Å². The van der Waals surface area contributed by atoms with Crippen LogP contribution in [0.4, 0.5) is 0 Å². The van der Waals surface area contributed by atoms with Gasteiger partial charge in [-0.1, -0.05) is 28.1 Å². The Bertz CT molecular complexity index is 719. The number of fused-ring (bicyclic) bond motifs is 1. The van der Waals surface area contributed by atoms with Crippen molar-refractivity contribution in [2.45, 2.75) is 0 Å². The summed E-state index contributed by atoms with van der Waals surface area (Å²) in [6, 6.07) is 12.2. The standard InChI is InChI=1S/C16H11BrO3/c17-12-3-1-2-10(7-12)6-11-9-20-15-5-4-13(18)8-14(15)16(11)19/h1-8,18H,9H2/b11-6+. The molecule has 0 saturated carbocycles. The third-order valence-electron chi connectivity index (χ3n) is 3.07. The molecule has 1 heterocycles. The highest BCUT2D eigenvalue weighted by molar-refractivity contribution is 9.10. The summed E-state index contributed by atoms with van der Waals surface area (Å²) >= 11 is 3.40. The van der Waals surface area contributed by atoms with Crippen LogP contribution in [-0.4, -0.2) is 17.5 Å². The average Bonchev–Trinajstić information content (AvgIpc) is 2.43. The second kappa shape index (κ2) is 5.13. The van der Waals surface area contributed by atoms with E-state index in [1.807, 2.05) is 24.3 Å². The quantitative estimate of drug-likeness (QED) is 0.808. The van der Waals surface area contributed by atoms with Crippen molar-refractivity contribution >= 4 is 27.8 Å². The van der Waals surface area contributed by atoms with Gasteiger partial charge in [0.2, 0.25) is 0 Å². The van der Waals surface area contributed by atoms with Crippen LogP contribution in [-0.2, 0) is 0 Å². The molecule has 0 saturated heterocycles. The van der Waals surface area contributed by atoms with Gasteiger partial charge in [-0.2, -0.15) is 0 Å². The van der Waals surface area contributed by atoms with Crippen LogP contribution in [0.2, 0.25) is 0 Å². The lowest BCUT2D eigenvalue weighted by Crippen LogP contribution is -2.18. The maximum absolute atomic E-state index is 12.4. The van der Waals surface area contributed by atoms with Crippen LogP contribution < -0.4 is 4.74 Å². The van der Waals surface area contributed by atoms with Crippen LogP contribution in [0.3, 0.4) is 0 Å². The van der Waals surface area contributed by atoms with Crippen molar-refractivity contribution in [1.29, 1.82) is 0 Å². The highest BCUT2D eigenvalue weighted by atomic mass is 79.9. The first-order chi connectivity index (χ1) is 9.63. The number of ketones is 1. The molecule has 2 aromatic carbocycles. The zero-order chi connectivity index (χ0) is 14.1. The molecule has 1 aliphatic rings. The molecule has 0 fully saturated rings. The first-order valence-corrected chi connectivity index (χ1v) is 6.89. The second-order valence-electron chi connectivity index (χ2n) is 4.52. The molecule has 4 heteroatoms. The molecule has 100 valence electrons. The van der Waals surface area contributed by atoms with E-state index in [1.54, 1.807) is 12.1 Å². The number of carbonyl (C=O) groups is 1. The van der Waals surface area contributed by atoms with Gasteiger partial charge in [-0.15, -0.1) is 0 Å². The summed E-state index contributed by atoms with van der Waals surface area (Å²) < 4.78 is 6.50. The predicted molar refractivity (Wildman–Crippen MR) is 80.1 cm³/mol. The van der Waals surface area contributed by atoms with Gasteiger partial charge in [-0.3, -0.25) is 4.79 Å². The molecular weight excluding hydrogens is 320 g/mol. The Morgan fingerprint density at radius 2 is 2.05 bits per heavy atom. The van der Waals surface area contributed by atoms with Gasteiger partial charge < -0.3 is 9.84 Å². The fourth-order valence-electron chi connectivity index (χ4n) is 2.12. The average molecular weight is 331 g/mol. The van der Waals surface area contributed by atoms with Crippen molar-refractivity contribution in [1.82, 2.24) is 0 Å². The Morgan fingerprint density at radius 1 is 1.20 bits per heavy atom. The molecule has 2 aromatic rings. The largest absolute Gasteiger partial charge is 0.508 e. The molecule has 20 heavy (non-hydrogen) atoms.